The molecule has 7 heteroatoms. The second-order valence-electron chi connectivity index (χ2n) is 12.1. The van der Waals surface area contributed by atoms with Crippen LogP contribution in [-0.4, -0.2) is 21.5 Å². The Hall–Kier alpha value is -4.33. The second-order valence-corrected chi connectivity index (χ2v) is 13.8. The lowest BCUT2D eigenvalue weighted by atomic mass is 9.93. The molecule has 0 amide bonds. The fraction of sp³-hybridized carbons (Fsp3) is 0.190. The van der Waals surface area contributed by atoms with Crippen molar-refractivity contribution >= 4 is 33.6 Å². The van der Waals surface area contributed by atoms with Crippen molar-refractivity contribution in [2.75, 3.05) is 13.1 Å². The summed E-state index contributed by atoms with van der Waals surface area (Å²) in [6.45, 7) is 0.974. The van der Waals surface area contributed by atoms with Crippen molar-refractivity contribution in [2.45, 2.75) is 43.4 Å². The van der Waals surface area contributed by atoms with Gasteiger partial charge in [0, 0.05) is 6.54 Å². The summed E-state index contributed by atoms with van der Waals surface area (Å²) in [5, 5.41) is 0. The van der Waals surface area contributed by atoms with Gasteiger partial charge in [0.2, 0.25) is 10.0 Å². The van der Waals surface area contributed by atoms with Crippen LogP contribution < -0.4 is 10.5 Å². The molecular weight excluding hydrogens is 651 g/mol. The highest BCUT2D eigenvalue weighted by atomic mass is 35.5. The fourth-order valence-corrected chi connectivity index (χ4v) is 7.66. The zero-order valence-corrected chi connectivity index (χ0v) is 29.1. The molecule has 0 bridgehead atoms. The Morgan fingerprint density at radius 2 is 0.939 bits per heavy atom. The molecule has 0 radical (unpaired) electrons. The van der Waals surface area contributed by atoms with Crippen LogP contribution >= 0.6 is 12.4 Å². The van der Waals surface area contributed by atoms with E-state index in [9.17, 15) is 12.8 Å². The maximum absolute atomic E-state index is 13.0. The third-order valence-corrected chi connectivity index (χ3v) is 10.5. The van der Waals surface area contributed by atoms with Crippen molar-refractivity contribution in [1.29, 1.82) is 0 Å². The van der Waals surface area contributed by atoms with E-state index < -0.39 is 15.8 Å². The van der Waals surface area contributed by atoms with Crippen LogP contribution in [0.1, 0.15) is 57.3 Å². The van der Waals surface area contributed by atoms with Crippen LogP contribution in [0.5, 0.6) is 0 Å². The summed E-state index contributed by atoms with van der Waals surface area (Å²) in [5.41, 5.74) is 18.9. The van der Waals surface area contributed by atoms with E-state index >= 15 is 0 Å². The molecule has 252 valence electrons. The Labute approximate surface area is 296 Å². The largest absolute Gasteiger partial charge is 0.330 e. The maximum Gasteiger partial charge on any atom is 0.240 e. The van der Waals surface area contributed by atoms with Gasteiger partial charge in [-0.05, 0) is 125 Å². The molecule has 0 unspecified atom stereocenters. The number of nitrogens with one attached hydrogen (secondary N) is 1. The Kier molecular flexibility index (Phi) is 12.4. The van der Waals surface area contributed by atoms with Crippen LogP contribution in [0.25, 0.3) is 11.1 Å². The molecule has 0 atom stereocenters. The van der Waals surface area contributed by atoms with E-state index in [4.69, 9.17) is 5.73 Å². The average Bonchev–Trinajstić information content (AvgIpc) is 3.38. The third-order valence-electron chi connectivity index (χ3n) is 8.98. The monoisotopic (exact) mass is 692 g/mol. The molecule has 0 spiro atoms. The molecule has 2 aliphatic carbocycles. The average molecular weight is 693 g/mol. The highest BCUT2D eigenvalue weighted by Crippen LogP contribution is 2.35. The van der Waals surface area contributed by atoms with Crippen LogP contribution in [0.2, 0.25) is 0 Å². The van der Waals surface area contributed by atoms with E-state index in [1.807, 2.05) is 12.1 Å². The van der Waals surface area contributed by atoms with Crippen LogP contribution in [0.4, 0.5) is 4.39 Å². The zero-order valence-electron chi connectivity index (χ0n) is 27.4. The Morgan fingerprint density at radius 3 is 1.33 bits per heavy atom. The predicted molar refractivity (Wildman–Crippen MR) is 202 cm³/mol. The molecule has 0 heterocycles. The van der Waals surface area contributed by atoms with Gasteiger partial charge >= 0.3 is 0 Å². The minimum atomic E-state index is -3.65. The number of benzene rings is 5. The van der Waals surface area contributed by atoms with Crippen molar-refractivity contribution < 1.29 is 12.8 Å². The smallest absolute Gasteiger partial charge is 0.240 e. The van der Waals surface area contributed by atoms with Gasteiger partial charge in [0.1, 0.15) is 5.82 Å². The zero-order chi connectivity index (χ0) is 33.3. The van der Waals surface area contributed by atoms with Gasteiger partial charge in [-0.15, -0.1) is 12.4 Å². The van der Waals surface area contributed by atoms with Crippen LogP contribution in [-0.2, 0) is 35.7 Å². The molecule has 0 saturated carbocycles. The van der Waals surface area contributed by atoms with Gasteiger partial charge in [-0.3, -0.25) is 0 Å². The summed E-state index contributed by atoms with van der Waals surface area (Å²) in [7, 11) is -3.65. The van der Waals surface area contributed by atoms with Gasteiger partial charge in [0.25, 0.3) is 0 Å². The van der Waals surface area contributed by atoms with E-state index in [1.54, 1.807) is 0 Å². The van der Waals surface area contributed by atoms with Crippen LogP contribution in [0.15, 0.2) is 138 Å². The Balaban J connectivity index is 0.000000203. The standard InChI is InChI=1S/C24H22FNO2S.C18H19N.ClH/c25-20-13-15-21(16-14-20)29(27,28)26-17-5-10-24-22-8-3-1-6-18(22)11-12-19-7-2-4-9-23(19)24;19-13-5-10-18-16-8-3-1-6-14(16)11-12-15-7-2-4-9-17(15)18;/h1-4,6-10,13-16,26H,5,11-12,17H2;1-4,6-10H,5,11-13,19H2;1H. The number of sulfonamides is 1. The van der Waals surface area contributed by atoms with Crippen molar-refractivity contribution in [3.8, 4) is 0 Å². The quantitative estimate of drug-likeness (QED) is 0.168. The number of fused-ring (bicyclic) bond motifs is 4. The topological polar surface area (TPSA) is 72.2 Å². The Morgan fingerprint density at radius 1 is 0.571 bits per heavy atom. The van der Waals surface area contributed by atoms with Gasteiger partial charge in [-0.1, -0.05) is 109 Å². The molecule has 0 aliphatic heterocycles. The van der Waals surface area contributed by atoms with E-state index in [2.05, 4.69) is 102 Å². The minimum Gasteiger partial charge on any atom is -0.330 e. The summed E-state index contributed by atoms with van der Waals surface area (Å²) in [6, 6.07) is 39.1. The summed E-state index contributed by atoms with van der Waals surface area (Å²) in [5.74, 6) is -0.459. The molecule has 5 aromatic carbocycles. The number of nitrogens with two attached hydrogens (primary N) is 1. The molecule has 0 aromatic heterocycles. The maximum atomic E-state index is 13.0. The predicted octanol–water partition coefficient (Wildman–Crippen LogP) is 8.71. The molecule has 7 rings (SSSR count). The summed E-state index contributed by atoms with van der Waals surface area (Å²) < 4.78 is 40.4. The van der Waals surface area contributed by atoms with Gasteiger partial charge < -0.3 is 5.73 Å². The summed E-state index contributed by atoms with van der Waals surface area (Å²) >= 11 is 0. The lowest BCUT2D eigenvalue weighted by Gasteiger charge is -2.12. The third kappa shape index (κ3) is 8.64. The highest BCUT2D eigenvalue weighted by Gasteiger charge is 2.19. The molecular formula is C42H42ClFN2O2S. The molecule has 0 fully saturated rings. The number of aryl methyl sites for hydroxylation is 4. The van der Waals surface area contributed by atoms with Crippen molar-refractivity contribution in [1.82, 2.24) is 4.72 Å². The summed E-state index contributed by atoms with van der Waals surface area (Å²) in [6.07, 6.45) is 10.1. The molecule has 2 aliphatic rings. The fourth-order valence-electron chi connectivity index (χ4n) is 6.61. The lowest BCUT2D eigenvalue weighted by molar-refractivity contribution is 0.581. The molecule has 0 saturated heterocycles. The number of rotatable bonds is 7. The normalized spacial score (nSPS) is 13.1. The van der Waals surface area contributed by atoms with E-state index in [0.29, 0.717) is 13.0 Å². The SMILES string of the molecule is Cl.NCCC=C1c2ccccc2CCc2ccccc21.O=S(=O)(NCCC=C1c2ccccc2CCc2ccccc21)c1ccc(F)cc1. The minimum absolute atomic E-state index is 0. The van der Waals surface area contributed by atoms with Gasteiger partial charge in [0.15, 0.2) is 0 Å². The number of hydrogen-bond donors (Lipinski definition) is 2. The van der Waals surface area contributed by atoms with Gasteiger partial charge in [-0.2, -0.15) is 0 Å². The molecule has 4 nitrogen and oxygen atoms in total. The van der Waals surface area contributed by atoms with Gasteiger partial charge in [0.05, 0.1) is 4.90 Å². The first-order valence-electron chi connectivity index (χ1n) is 16.6. The van der Waals surface area contributed by atoms with E-state index in [0.717, 1.165) is 49.8 Å². The molecule has 3 N–H and O–H groups in total. The Bertz CT molecular complexity index is 1960. The second kappa shape index (κ2) is 16.9. The number of hydrogen-bond acceptors (Lipinski definition) is 3. The number of halogens is 2. The summed E-state index contributed by atoms with van der Waals surface area (Å²) in [4.78, 5) is 0.0664. The lowest BCUT2D eigenvalue weighted by Crippen LogP contribution is -2.24. The first kappa shape index (κ1) is 36.0. The first-order chi connectivity index (χ1) is 23.4. The van der Waals surface area contributed by atoms with Crippen LogP contribution in [0, 0.1) is 5.82 Å². The van der Waals surface area contributed by atoms with Gasteiger partial charge in [-0.25, -0.2) is 17.5 Å². The highest BCUT2D eigenvalue weighted by molar-refractivity contribution is 7.89. The van der Waals surface area contributed by atoms with E-state index in [-0.39, 0.29) is 23.8 Å². The first-order valence-corrected chi connectivity index (χ1v) is 18.1. The van der Waals surface area contributed by atoms with Crippen molar-refractivity contribution in [3.63, 3.8) is 0 Å². The van der Waals surface area contributed by atoms with Crippen molar-refractivity contribution in [3.05, 3.63) is 184 Å². The molecule has 49 heavy (non-hydrogen) atoms. The van der Waals surface area contributed by atoms with Crippen LogP contribution in [0.3, 0.4) is 0 Å². The van der Waals surface area contributed by atoms with Crippen molar-refractivity contribution in [2.24, 2.45) is 5.73 Å². The van der Waals surface area contributed by atoms with E-state index in [1.165, 1.54) is 62.2 Å². The molecule has 5 aromatic rings.